The van der Waals surface area contributed by atoms with E-state index in [0.717, 1.165) is 12.0 Å². The lowest BCUT2D eigenvalue weighted by molar-refractivity contribution is 0.313. The molecule has 0 aliphatic rings. The van der Waals surface area contributed by atoms with Crippen molar-refractivity contribution in [2.24, 2.45) is 0 Å². The van der Waals surface area contributed by atoms with E-state index < -0.39 is 5.56 Å². The molecule has 0 unspecified atom stereocenters. The minimum Gasteiger partial charge on any atom is -0.493 e. The van der Waals surface area contributed by atoms with Gasteiger partial charge >= 0.3 is 0 Å². The summed E-state index contributed by atoms with van der Waals surface area (Å²) in [5.74, 6) is 0.623. The lowest BCUT2D eigenvalue weighted by Crippen LogP contribution is -2.16. The summed E-state index contributed by atoms with van der Waals surface area (Å²) in [4.78, 5) is 18.6. The number of hydrogen-bond donors (Lipinski definition) is 2. The number of nitrogen functional groups attached to an aromatic ring is 1. The van der Waals surface area contributed by atoms with E-state index in [1.54, 1.807) is 30.7 Å². The van der Waals surface area contributed by atoms with Crippen molar-refractivity contribution in [3.8, 4) is 29.0 Å². The first-order valence-electron chi connectivity index (χ1n) is 8.66. The molecule has 28 heavy (non-hydrogen) atoms. The standard InChI is InChI=1S/C20H18N6O2/c1-2-7-28-17-4-3-13(8-14(17)11-26-6-5-24-12-26)18-15(9-21)19(23)25-20(27)16(18)10-22/h3-6,8,12H,2,7,11H2,1H3,(H3,23,25,27). The van der Waals surface area contributed by atoms with E-state index in [9.17, 15) is 15.3 Å². The number of imidazole rings is 1. The fraction of sp³-hybridized carbons (Fsp3) is 0.200. The zero-order valence-electron chi connectivity index (χ0n) is 15.3. The molecular formula is C20H18N6O2. The van der Waals surface area contributed by atoms with Crippen LogP contribution in [0.1, 0.15) is 30.0 Å². The van der Waals surface area contributed by atoms with Gasteiger partial charge in [-0.15, -0.1) is 0 Å². The minimum absolute atomic E-state index is 0.0620. The van der Waals surface area contributed by atoms with Crippen molar-refractivity contribution in [1.29, 1.82) is 10.5 Å². The maximum atomic E-state index is 12.2. The summed E-state index contributed by atoms with van der Waals surface area (Å²) in [5.41, 5.74) is 6.69. The van der Waals surface area contributed by atoms with Crippen molar-refractivity contribution < 1.29 is 4.74 Å². The quantitative estimate of drug-likeness (QED) is 0.680. The number of ether oxygens (including phenoxy) is 1. The molecule has 0 atom stereocenters. The molecule has 0 amide bonds. The number of anilines is 1. The number of rotatable bonds is 6. The zero-order chi connectivity index (χ0) is 20.1. The Labute approximate surface area is 161 Å². The van der Waals surface area contributed by atoms with Crippen LogP contribution in [0.2, 0.25) is 0 Å². The highest BCUT2D eigenvalue weighted by atomic mass is 16.5. The number of pyridine rings is 1. The maximum absolute atomic E-state index is 12.2. The van der Waals surface area contributed by atoms with Crippen LogP contribution in [0.3, 0.4) is 0 Å². The highest BCUT2D eigenvalue weighted by Gasteiger charge is 2.19. The van der Waals surface area contributed by atoms with Crippen molar-refractivity contribution in [1.82, 2.24) is 14.5 Å². The van der Waals surface area contributed by atoms with Gasteiger partial charge in [0.2, 0.25) is 0 Å². The van der Waals surface area contributed by atoms with Crippen molar-refractivity contribution in [3.05, 3.63) is 64.0 Å². The van der Waals surface area contributed by atoms with E-state index in [4.69, 9.17) is 10.5 Å². The van der Waals surface area contributed by atoms with E-state index in [2.05, 4.69) is 9.97 Å². The second kappa shape index (κ2) is 8.11. The molecule has 0 saturated carbocycles. The molecule has 0 fully saturated rings. The van der Waals surface area contributed by atoms with Gasteiger partial charge in [0.1, 0.15) is 34.8 Å². The molecule has 0 aliphatic heterocycles. The van der Waals surface area contributed by atoms with Gasteiger partial charge < -0.3 is 20.0 Å². The Balaban J connectivity index is 2.20. The normalized spacial score (nSPS) is 10.2. The molecule has 3 rings (SSSR count). The molecule has 0 bridgehead atoms. The summed E-state index contributed by atoms with van der Waals surface area (Å²) >= 11 is 0. The Morgan fingerprint density at radius 3 is 2.71 bits per heavy atom. The Hall–Kier alpha value is -4.04. The van der Waals surface area contributed by atoms with E-state index in [0.29, 0.717) is 24.5 Å². The average molecular weight is 374 g/mol. The molecule has 1 aromatic carbocycles. The molecule has 3 N–H and O–H groups in total. The van der Waals surface area contributed by atoms with Gasteiger partial charge in [0.25, 0.3) is 5.56 Å². The van der Waals surface area contributed by atoms with Crippen molar-refractivity contribution >= 4 is 5.82 Å². The first-order chi connectivity index (χ1) is 13.6. The molecule has 2 aromatic heterocycles. The summed E-state index contributed by atoms with van der Waals surface area (Å²) in [7, 11) is 0. The first kappa shape index (κ1) is 18.7. The van der Waals surface area contributed by atoms with Gasteiger partial charge in [0, 0.05) is 23.5 Å². The number of hydrogen-bond acceptors (Lipinski definition) is 6. The summed E-state index contributed by atoms with van der Waals surface area (Å²) < 4.78 is 7.71. The minimum atomic E-state index is -0.628. The SMILES string of the molecule is CCCOc1ccc(-c2c(C#N)c(N)[nH]c(=O)c2C#N)cc1Cn1ccnc1. The number of nitrogens with zero attached hydrogens (tertiary/aromatic N) is 4. The van der Waals surface area contributed by atoms with Crippen LogP contribution in [-0.2, 0) is 6.54 Å². The maximum Gasteiger partial charge on any atom is 0.268 e. The number of nitrogens with two attached hydrogens (primary N) is 1. The molecule has 0 radical (unpaired) electrons. The average Bonchev–Trinajstić information content (AvgIpc) is 3.19. The monoisotopic (exact) mass is 374 g/mol. The molecule has 0 spiro atoms. The second-order valence-corrected chi connectivity index (χ2v) is 6.12. The Kier molecular flexibility index (Phi) is 5.43. The van der Waals surface area contributed by atoms with E-state index in [-0.39, 0.29) is 22.5 Å². The fourth-order valence-electron chi connectivity index (χ4n) is 2.92. The Morgan fingerprint density at radius 2 is 2.07 bits per heavy atom. The van der Waals surface area contributed by atoms with Gasteiger partial charge in [-0.1, -0.05) is 13.0 Å². The molecule has 0 saturated heterocycles. The fourth-order valence-corrected chi connectivity index (χ4v) is 2.92. The van der Waals surface area contributed by atoms with Gasteiger partial charge in [-0.25, -0.2) is 4.98 Å². The smallest absolute Gasteiger partial charge is 0.268 e. The van der Waals surface area contributed by atoms with Gasteiger partial charge in [-0.05, 0) is 24.1 Å². The van der Waals surface area contributed by atoms with Crippen molar-refractivity contribution in [2.75, 3.05) is 12.3 Å². The number of aromatic nitrogens is 3. The Bertz CT molecular complexity index is 1130. The van der Waals surface area contributed by atoms with Crippen molar-refractivity contribution in [3.63, 3.8) is 0 Å². The van der Waals surface area contributed by atoms with E-state index >= 15 is 0 Å². The number of nitriles is 2. The van der Waals surface area contributed by atoms with Crippen LogP contribution >= 0.6 is 0 Å². The Morgan fingerprint density at radius 1 is 1.29 bits per heavy atom. The number of H-pyrrole nitrogens is 1. The number of aromatic amines is 1. The largest absolute Gasteiger partial charge is 0.493 e. The molecular weight excluding hydrogens is 356 g/mol. The molecule has 140 valence electrons. The lowest BCUT2D eigenvalue weighted by Gasteiger charge is -2.15. The number of benzene rings is 1. The van der Waals surface area contributed by atoms with Crippen molar-refractivity contribution in [2.45, 2.75) is 19.9 Å². The molecule has 3 aromatic rings. The number of nitrogens with one attached hydrogen (secondary N) is 1. The van der Waals surface area contributed by atoms with Crippen LogP contribution in [0, 0.1) is 22.7 Å². The predicted octanol–water partition coefficient (Wildman–Crippen LogP) is 2.40. The summed E-state index contributed by atoms with van der Waals surface area (Å²) in [6, 6.07) is 9.17. The van der Waals surface area contributed by atoms with Crippen LogP contribution in [0.4, 0.5) is 5.82 Å². The highest BCUT2D eigenvalue weighted by molar-refractivity contribution is 5.80. The van der Waals surface area contributed by atoms with Gasteiger partial charge in [-0.3, -0.25) is 4.79 Å². The second-order valence-electron chi connectivity index (χ2n) is 6.12. The lowest BCUT2D eigenvalue weighted by atomic mass is 9.95. The van der Waals surface area contributed by atoms with E-state index in [1.165, 1.54) is 0 Å². The first-order valence-corrected chi connectivity index (χ1v) is 8.66. The molecule has 2 heterocycles. The van der Waals surface area contributed by atoms with Crippen LogP contribution in [-0.4, -0.2) is 21.1 Å². The zero-order valence-corrected chi connectivity index (χ0v) is 15.3. The third kappa shape index (κ3) is 3.57. The topological polar surface area (TPSA) is 134 Å². The third-order valence-electron chi connectivity index (χ3n) is 4.19. The predicted molar refractivity (Wildman–Crippen MR) is 103 cm³/mol. The summed E-state index contributed by atoms with van der Waals surface area (Å²) in [5, 5.41) is 19.0. The third-order valence-corrected chi connectivity index (χ3v) is 4.19. The summed E-state index contributed by atoms with van der Waals surface area (Å²) in [6.07, 6.45) is 6.04. The van der Waals surface area contributed by atoms with Gasteiger partial charge in [0.05, 0.1) is 19.5 Å². The van der Waals surface area contributed by atoms with Gasteiger partial charge in [0.15, 0.2) is 0 Å². The highest BCUT2D eigenvalue weighted by Crippen LogP contribution is 2.32. The van der Waals surface area contributed by atoms with Crippen LogP contribution in [0.5, 0.6) is 5.75 Å². The van der Waals surface area contributed by atoms with Crippen LogP contribution in [0.25, 0.3) is 11.1 Å². The molecule has 8 nitrogen and oxygen atoms in total. The van der Waals surface area contributed by atoms with Crippen LogP contribution in [0.15, 0.2) is 41.7 Å². The summed E-state index contributed by atoms with van der Waals surface area (Å²) in [6.45, 7) is 3.05. The van der Waals surface area contributed by atoms with Crippen LogP contribution < -0.4 is 16.0 Å². The molecule has 8 heteroatoms. The molecule has 0 aliphatic carbocycles. The van der Waals surface area contributed by atoms with Gasteiger partial charge in [-0.2, -0.15) is 10.5 Å². The van der Waals surface area contributed by atoms with E-state index in [1.807, 2.05) is 29.8 Å².